The molecular formula is C12H10O5. The van der Waals surface area contributed by atoms with Gasteiger partial charge < -0.3 is 14.6 Å². The van der Waals surface area contributed by atoms with Gasteiger partial charge in [0.2, 0.25) is 11.6 Å². The van der Waals surface area contributed by atoms with Crippen LogP contribution in [0.2, 0.25) is 0 Å². The first-order valence-corrected chi connectivity index (χ1v) is 4.84. The average Bonchev–Trinajstić information content (AvgIpc) is 2.34. The summed E-state index contributed by atoms with van der Waals surface area (Å²) >= 11 is 0. The Labute approximate surface area is 97.3 Å². The number of aliphatic hydroxyl groups is 1. The highest BCUT2D eigenvalue weighted by Crippen LogP contribution is 2.34. The van der Waals surface area contributed by atoms with Crippen LogP contribution in [0.5, 0.6) is 11.5 Å². The van der Waals surface area contributed by atoms with E-state index in [-0.39, 0.29) is 22.6 Å². The number of aliphatic hydroxyl groups excluding tert-OH is 1. The van der Waals surface area contributed by atoms with Crippen LogP contribution in [0.25, 0.3) is 5.76 Å². The molecule has 0 aliphatic heterocycles. The Bertz CT molecular complexity index is 542. The summed E-state index contributed by atoms with van der Waals surface area (Å²) in [6, 6.07) is 2.97. The highest BCUT2D eigenvalue weighted by Gasteiger charge is 2.30. The largest absolute Gasteiger partial charge is 0.507 e. The molecule has 1 aliphatic rings. The van der Waals surface area contributed by atoms with Crippen LogP contribution < -0.4 is 9.47 Å². The first kappa shape index (κ1) is 11.2. The Hall–Kier alpha value is -2.30. The van der Waals surface area contributed by atoms with E-state index in [9.17, 15) is 14.7 Å². The number of carbonyl (C=O) groups is 2. The molecule has 2 rings (SSSR count). The van der Waals surface area contributed by atoms with Crippen LogP contribution in [-0.4, -0.2) is 30.9 Å². The minimum atomic E-state index is -0.765. The van der Waals surface area contributed by atoms with E-state index in [0.717, 1.165) is 6.08 Å². The van der Waals surface area contributed by atoms with E-state index in [1.54, 1.807) is 0 Å². The molecule has 0 heterocycles. The van der Waals surface area contributed by atoms with Crippen LogP contribution in [0.1, 0.15) is 15.9 Å². The number of ether oxygens (including phenoxy) is 2. The van der Waals surface area contributed by atoms with Crippen molar-refractivity contribution in [2.75, 3.05) is 14.2 Å². The molecule has 0 amide bonds. The molecule has 1 aliphatic carbocycles. The molecule has 0 radical (unpaired) electrons. The van der Waals surface area contributed by atoms with Crippen molar-refractivity contribution in [1.29, 1.82) is 0 Å². The van der Waals surface area contributed by atoms with Crippen molar-refractivity contribution in [2.45, 2.75) is 0 Å². The summed E-state index contributed by atoms with van der Waals surface area (Å²) in [6.07, 6.45) is 0.892. The number of ketones is 2. The second-order valence-corrected chi connectivity index (χ2v) is 3.48. The van der Waals surface area contributed by atoms with Gasteiger partial charge in [0.15, 0.2) is 0 Å². The maximum absolute atomic E-state index is 11.7. The van der Waals surface area contributed by atoms with Crippen molar-refractivity contribution in [3.05, 3.63) is 29.3 Å². The molecule has 1 aromatic rings. The lowest BCUT2D eigenvalue weighted by atomic mass is 9.92. The molecule has 0 saturated heterocycles. The van der Waals surface area contributed by atoms with E-state index in [1.807, 2.05) is 0 Å². The summed E-state index contributed by atoms with van der Waals surface area (Å²) in [5, 5.41) is 9.67. The van der Waals surface area contributed by atoms with Gasteiger partial charge in [-0.05, 0) is 6.07 Å². The first-order chi connectivity index (χ1) is 8.08. The predicted molar refractivity (Wildman–Crippen MR) is 59.5 cm³/mol. The molecular weight excluding hydrogens is 224 g/mol. The van der Waals surface area contributed by atoms with Crippen LogP contribution in [0.15, 0.2) is 18.2 Å². The average molecular weight is 234 g/mol. The molecule has 0 saturated carbocycles. The summed E-state index contributed by atoms with van der Waals surface area (Å²) in [5.41, 5.74) is 0.309. The van der Waals surface area contributed by atoms with Gasteiger partial charge in [0, 0.05) is 17.7 Å². The quantitative estimate of drug-likeness (QED) is 0.782. The minimum absolute atomic E-state index is 0.0679. The number of hydrogen-bond donors (Lipinski definition) is 1. The number of methoxy groups -OCH3 is 2. The van der Waals surface area contributed by atoms with E-state index >= 15 is 0 Å². The van der Waals surface area contributed by atoms with Gasteiger partial charge in [0.05, 0.1) is 19.8 Å². The fourth-order valence-corrected chi connectivity index (χ4v) is 1.70. The van der Waals surface area contributed by atoms with E-state index in [1.165, 1.54) is 26.4 Å². The molecule has 88 valence electrons. The van der Waals surface area contributed by atoms with Gasteiger partial charge >= 0.3 is 0 Å². The van der Waals surface area contributed by atoms with Crippen molar-refractivity contribution in [3.8, 4) is 11.5 Å². The fourth-order valence-electron chi connectivity index (χ4n) is 1.70. The van der Waals surface area contributed by atoms with Crippen LogP contribution in [-0.2, 0) is 4.79 Å². The van der Waals surface area contributed by atoms with E-state index < -0.39 is 11.6 Å². The zero-order valence-corrected chi connectivity index (χ0v) is 9.31. The minimum Gasteiger partial charge on any atom is -0.507 e. The van der Waals surface area contributed by atoms with Crippen LogP contribution in [0.3, 0.4) is 0 Å². The van der Waals surface area contributed by atoms with E-state index in [2.05, 4.69) is 0 Å². The summed E-state index contributed by atoms with van der Waals surface area (Å²) in [6.45, 7) is 0. The number of hydrogen-bond acceptors (Lipinski definition) is 5. The van der Waals surface area contributed by atoms with E-state index in [4.69, 9.17) is 9.47 Å². The Balaban J connectivity index is 2.75. The Kier molecular flexibility index (Phi) is 2.59. The van der Waals surface area contributed by atoms with Gasteiger partial charge in [-0.25, -0.2) is 0 Å². The smallest absolute Gasteiger partial charge is 0.237 e. The third kappa shape index (κ3) is 1.65. The maximum atomic E-state index is 11.7. The predicted octanol–water partition coefficient (Wildman–Crippen LogP) is 1.37. The lowest BCUT2D eigenvalue weighted by molar-refractivity contribution is -0.111. The fraction of sp³-hybridized carbons (Fsp3) is 0.167. The number of carbonyl (C=O) groups excluding carboxylic acids is 2. The van der Waals surface area contributed by atoms with Gasteiger partial charge in [-0.15, -0.1) is 0 Å². The monoisotopic (exact) mass is 234 g/mol. The molecule has 0 atom stereocenters. The lowest BCUT2D eigenvalue weighted by Crippen LogP contribution is -2.19. The number of rotatable bonds is 2. The van der Waals surface area contributed by atoms with Crippen LogP contribution in [0.4, 0.5) is 0 Å². The lowest BCUT2D eigenvalue weighted by Gasteiger charge is -2.16. The summed E-state index contributed by atoms with van der Waals surface area (Å²) in [7, 11) is 2.83. The molecule has 0 fully saturated rings. The normalized spacial score (nSPS) is 14.1. The Morgan fingerprint density at radius 3 is 2.41 bits per heavy atom. The second kappa shape index (κ2) is 3.93. The van der Waals surface area contributed by atoms with Crippen molar-refractivity contribution < 1.29 is 24.2 Å². The zero-order valence-electron chi connectivity index (χ0n) is 9.31. The van der Waals surface area contributed by atoms with Gasteiger partial charge in [-0.1, -0.05) is 0 Å². The highest BCUT2D eigenvalue weighted by atomic mass is 16.5. The van der Waals surface area contributed by atoms with Crippen LogP contribution in [0, 0.1) is 0 Å². The molecule has 5 nitrogen and oxygen atoms in total. The van der Waals surface area contributed by atoms with Crippen molar-refractivity contribution >= 4 is 17.3 Å². The third-order valence-electron chi connectivity index (χ3n) is 2.53. The van der Waals surface area contributed by atoms with Gasteiger partial charge in [-0.2, -0.15) is 0 Å². The standard InChI is InChI=1S/C12H10O5/c1-16-6-3-7-8(13)5-9(14)12(15)11(7)10(4-6)17-2/h3-5,13H,1-2H3. The summed E-state index contributed by atoms with van der Waals surface area (Å²) < 4.78 is 10.0. The third-order valence-corrected chi connectivity index (χ3v) is 2.53. The molecule has 0 aromatic heterocycles. The maximum Gasteiger partial charge on any atom is 0.237 e. The van der Waals surface area contributed by atoms with Gasteiger partial charge in [0.1, 0.15) is 17.3 Å². The van der Waals surface area contributed by atoms with Crippen molar-refractivity contribution in [3.63, 3.8) is 0 Å². The molecule has 1 aromatic carbocycles. The molecule has 0 spiro atoms. The Morgan fingerprint density at radius 2 is 1.82 bits per heavy atom. The number of allylic oxidation sites excluding steroid dienone is 1. The van der Waals surface area contributed by atoms with Crippen molar-refractivity contribution in [2.24, 2.45) is 0 Å². The van der Waals surface area contributed by atoms with Crippen LogP contribution >= 0.6 is 0 Å². The Morgan fingerprint density at radius 1 is 1.12 bits per heavy atom. The summed E-state index contributed by atoms with van der Waals surface area (Å²) in [4.78, 5) is 23.0. The zero-order chi connectivity index (χ0) is 12.6. The van der Waals surface area contributed by atoms with Crippen molar-refractivity contribution in [1.82, 2.24) is 0 Å². The molecule has 0 bridgehead atoms. The molecule has 1 N–H and O–H groups in total. The number of fused-ring (bicyclic) bond motifs is 1. The SMILES string of the molecule is COc1cc(OC)c2c(c1)C(O)=CC(=O)C2=O. The van der Waals surface area contributed by atoms with E-state index in [0.29, 0.717) is 5.75 Å². The number of Topliss-reactive ketones (excluding diaryl/α,β-unsaturated/α-hetero) is 1. The number of benzene rings is 1. The molecule has 5 heteroatoms. The van der Waals surface area contributed by atoms with Gasteiger partial charge in [0.25, 0.3) is 0 Å². The first-order valence-electron chi connectivity index (χ1n) is 4.84. The summed E-state index contributed by atoms with van der Waals surface area (Å²) in [5.74, 6) is -1.09. The molecule has 0 unspecified atom stereocenters. The molecule has 17 heavy (non-hydrogen) atoms. The van der Waals surface area contributed by atoms with Gasteiger partial charge in [-0.3, -0.25) is 9.59 Å². The highest BCUT2D eigenvalue weighted by molar-refractivity contribution is 6.50. The topological polar surface area (TPSA) is 72.8 Å². The second-order valence-electron chi connectivity index (χ2n) is 3.48.